The average Bonchev–Trinajstić information content (AvgIpc) is 2.95. The van der Waals surface area contributed by atoms with Crippen molar-refractivity contribution in [3.05, 3.63) is 66.0 Å². The highest BCUT2D eigenvalue weighted by Gasteiger charge is 2.22. The highest BCUT2D eigenvalue weighted by molar-refractivity contribution is 5.78. The van der Waals surface area contributed by atoms with E-state index in [-0.39, 0.29) is 11.9 Å². The molecular weight excluding hydrogens is 298 g/mol. The molecule has 3 aromatic rings. The van der Waals surface area contributed by atoms with E-state index in [1.807, 2.05) is 61.6 Å². The number of rotatable bonds is 6. The van der Waals surface area contributed by atoms with Crippen LogP contribution in [-0.4, -0.2) is 15.5 Å². The Hall–Kier alpha value is -2.62. The van der Waals surface area contributed by atoms with Gasteiger partial charge in [-0.3, -0.25) is 4.79 Å². The number of imidazole rings is 1. The molecular formula is C20H23N3O. The van der Waals surface area contributed by atoms with Gasteiger partial charge in [0.05, 0.1) is 11.0 Å². The van der Waals surface area contributed by atoms with Crippen molar-refractivity contribution in [3.63, 3.8) is 0 Å². The summed E-state index contributed by atoms with van der Waals surface area (Å²) in [5, 5.41) is 3.16. The summed E-state index contributed by atoms with van der Waals surface area (Å²) in [5.74, 6) is 0.921. The number of unbranched alkanes of at least 4 members (excludes halogenated alkanes) is 1. The van der Waals surface area contributed by atoms with E-state index < -0.39 is 0 Å². The zero-order valence-corrected chi connectivity index (χ0v) is 14.2. The van der Waals surface area contributed by atoms with Crippen LogP contribution in [0.25, 0.3) is 11.0 Å². The first-order valence-corrected chi connectivity index (χ1v) is 8.46. The number of benzene rings is 2. The minimum Gasteiger partial charge on any atom is -0.342 e. The van der Waals surface area contributed by atoms with E-state index in [9.17, 15) is 4.79 Å². The number of nitrogens with zero attached hydrogens (tertiary/aromatic N) is 2. The Kier molecular flexibility index (Phi) is 4.94. The molecule has 1 heterocycles. The number of hydrogen-bond acceptors (Lipinski definition) is 2. The molecule has 24 heavy (non-hydrogen) atoms. The SMILES string of the molecule is CCCCC(=O)NC(c1ccccc1)c1nc2ccccc2n1C. The molecule has 0 bridgehead atoms. The van der Waals surface area contributed by atoms with E-state index in [1.54, 1.807) is 0 Å². The molecule has 3 rings (SSSR count). The zero-order valence-electron chi connectivity index (χ0n) is 14.2. The molecule has 0 aliphatic carbocycles. The van der Waals surface area contributed by atoms with Gasteiger partial charge in [-0.2, -0.15) is 0 Å². The highest BCUT2D eigenvalue weighted by atomic mass is 16.1. The summed E-state index contributed by atoms with van der Waals surface area (Å²) >= 11 is 0. The maximum Gasteiger partial charge on any atom is 0.220 e. The third-order valence-electron chi connectivity index (χ3n) is 4.28. The zero-order chi connectivity index (χ0) is 16.9. The molecule has 0 aliphatic heterocycles. The second-order valence-electron chi connectivity index (χ2n) is 6.03. The number of carbonyl (C=O) groups excluding carboxylic acids is 1. The van der Waals surface area contributed by atoms with Gasteiger partial charge in [0.25, 0.3) is 0 Å². The number of nitrogens with one attached hydrogen (secondary N) is 1. The van der Waals surface area contributed by atoms with E-state index in [0.717, 1.165) is 35.3 Å². The summed E-state index contributed by atoms with van der Waals surface area (Å²) in [6, 6.07) is 17.8. The lowest BCUT2D eigenvalue weighted by atomic mass is 10.1. The predicted octanol–water partition coefficient (Wildman–Crippen LogP) is 3.97. The minimum atomic E-state index is -0.243. The first-order valence-electron chi connectivity index (χ1n) is 8.46. The Bertz CT molecular complexity index is 823. The molecule has 0 saturated heterocycles. The Morgan fingerprint density at radius 2 is 1.83 bits per heavy atom. The molecule has 0 fully saturated rings. The fourth-order valence-electron chi connectivity index (χ4n) is 2.94. The van der Waals surface area contributed by atoms with Crippen molar-refractivity contribution in [2.45, 2.75) is 32.2 Å². The molecule has 1 N–H and O–H groups in total. The van der Waals surface area contributed by atoms with Crippen LogP contribution < -0.4 is 5.32 Å². The topological polar surface area (TPSA) is 46.9 Å². The van der Waals surface area contributed by atoms with E-state index in [4.69, 9.17) is 4.98 Å². The molecule has 0 spiro atoms. The van der Waals surface area contributed by atoms with Gasteiger partial charge in [-0.15, -0.1) is 0 Å². The van der Waals surface area contributed by atoms with E-state index in [2.05, 4.69) is 16.8 Å². The first-order chi connectivity index (χ1) is 11.7. The molecule has 2 aromatic carbocycles. The third-order valence-corrected chi connectivity index (χ3v) is 4.28. The summed E-state index contributed by atoms with van der Waals surface area (Å²) in [5.41, 5.74) is 3.05. The molecule has 0 saturated carbocycles. The van der Waals surface area contributed by atoms with Gasteiger partial charge in [0.1, 0.15) is 11.9 Å². The number of amides is 1. The van der Waals surface area contributed by atoms with Crippen LogP contribution in [0.1, 0.15) is 43.6 Å². The largest absolute Gasteiger partial charge is 0.342 e. The minimum absolute atomic E-state index is 0.0674. The van der Waals surface area contributed by atoms with Crippen LogP contribution in [0.15, 0.2) is 54.6 Å². The highest BCUT2D eigenvalue weighted by Crippen LogP contribution is 2.25. The fraction of sp³-hybridized carbons (Fsp3) is 0.300. The normalized spacial score (nSPS) is 12.2. The molecule has 0 radical (unpaired) electrons. The van der Waals surface area contributed by atoms with Crippen molar-refractivity contribution in [1.29, 1.82) is 0 Å². The molecule has 1 atom stereocenters. The Morgan fingerprint density at radius 1 is 1.12 bits per heavy atom. The first kappa shape index (κ1) is 16.2. The number of para-hydroxylation sites is 2. The maximum atomic E-state index is 12.3. The summed E-state index contributed by atoms with van der Waals surface area (Å²) in [7, 11) is 2.00. The van der Waals surface area contributed by atoms with Crippen LogP contribution in [0, 0.1) is 0 Å². The molecule has 124 valence electrons. The van der Waals surface area contributed by atoms with Gasteiger partial charge >= 0.3 is 0 Å². The van der Waals surface area contributed by atoms with Crippen LogP contribution in [-0.2, 0) is 11.8 Å². The fourth-order valence-corrected chi connectivity index (χ4v) is 2.94. The van der Waals surface area contributed by atoms with Gasteiger partial charge in [-0.1, -0.05) is 55.8 Å². The van der Waals surface area contributed by atoms with Crippen molar-refractivity contribution in [2.24, 2.45) is 7.05 Å². The second-order valence-corrected chi connectivity index (χ2v) is 6.03. The van der Waals surface area contributed by atoms with Gasteiger partial charge < -0.3 is 9.88 Å². The van der Waals surface area contributed by atoms with Crippen molar-refractivity contribution in [1.82, 2.24) is 14.9 Å². The summed E-state index contributed by atoms with van der Waals surface area (Å²) < 4.78 is 2.06. The lowest BCUT2D eigenvalue weighted by molar-refractivity contribution is -0.121. The molecule has 4 nitrogen and oxygen atoms in total. The standard InChI is InChI=1S/C20H23N3O/c1-3-4-14-18(24)22-19(15-10-6-5-7-11-15)20-21-16-12-8-9-13-17(16)23(20)2/h5-13,19H,3-4,14H2,1-2H3,(H,22,24). The second kappa shape index (κ2) is 7.30. The molecule has 1 unspecified atom stereocenters. The van der Waals surface area contributed by atoms with Gasteiger partial charge in [0.2, 0.25) is 5.91 Å². The van der Waals surface area contributed by atoms with Crippen molar-refractivity contribution >= 4 is 16.9 Å². The molecule has 1 aromatic heterocycles. The smallest absolute Gasteiger partial charge is 0.220 e. The van der Waals surface area contributed by atoms with Gasteiger partial charge in [0, 0.05) is 13.5 Å². The van der Waals surface area contributed by atoms with E-state index >= 15 is 0 Å². The molecule has 4 heteroatoms. The molecule has 0 aliphatic rings. The number of fused-ring (bicyclic) bond motifs is 1. The van der Waals surface area contributed by atoms with Crippen LogP contribution >= 0.6 is 0 Å². The quantitative estimate of drug-likeness (QED) is 0.747. The lowest BCUT2D eigenvalue weighted by Gasteiger charge is -2.19. The Morgan fingerprint density at radius 3 is 2.54 bits per heavy atom. The van der Waals surface area contributed by atoms with E-state index in [0.29, 0.717) is 6.42 Å². The predicted molar refractivity (Wildman–Crippen MR) is 96.7 cm³/mol. The average molecular weight is 321 g/mol. The van der Waals surface area contributed by atoms with Crippen LogP contribution in [0.5, 0.6) is 0 Å². The van der Waals surface area contributed by atoms with E-state index in [1.165, 1.54) is 0 Å². The number of carbonyl (C=O) groups is 1. The number of aryl methyl sites for hydroxylation is 1. The van der Waals surface area contributed by atoms with Crippen LogP contribution in [0.2, 0.25) is 0 Å². The van der Waals surface area contributed by atoms with Gasteiger partial charge in [-0.25, -0.2) is 4.98 Å². The van der Waals surface area contributed by atoms with Crippen molar-refractivity contribution in [2.75, 3.05) is 0 Å². The number of hydrogen-bond donors (Lipinski definition) is 1. The number of aromatic nitrogens is 2. The van der Waals surface area contributed by atoms with Crippen molar-refractivity contribution in [3.8, 4) is 0 Å². The molecule has 1 amide bonds. The van der Waals surface area contributed by atoms with Crippen LogP contribution in [0.4, 0.5) is 0 Å². The summed E-state index contributed by atoms with van der Waals surface area (Å²) in [4.78, 5) is 17.1. The maximum absolute atomic E-state index is 12.3. The third kappa shape index (κ3) is 3.32. The Balaban J connectivity index is 2.00. The van der Waals surface area contributed by atoms with Crippen LogP contribution in [0.3, 0.4) is 0 Å². The lowest BCUT2D eigenvalue weighted by Crippen LogP contribution is -2.30. The van der Waals surface area contributed by atoms with Crippen molar-refractivity contribution < 1.29 is 4.79 Å². The van der Waals surface area contributed by atoms with Gasteiger partial charge in [-0.05, 0) is 24.1 Å². The Labute approximate surface area is 142 Å². The summed E-state index contributed by atoms with van der Waals surface area (Å²) in [6.45, 7) is 2.09. The monoisotopic (exact) mass is 321 g/mol. The van der Waals surface area contributed by atoms with Gasteiger partial charge in [0.15, 0.2) is 0 Å². The summed E-state index contributed by atoms with van der Waals surface area (Å²) in [6.07, 6.45) is 2.45.